The van der Waals surface area contributed by atoms with Gasteiger partial charge in [-0.1, -0.05) is 41.9 Å². The summed E-state index contributed by atoms with van der Waals surface area (Å²) in [5.41, 5.74) is 2.94. The number of benzene rings is 2. The average Bonchev–Trinajstić information content (AvgIpc) is 2.53. The third kappa shape index (κ3) is 4.49. The molecule has 0 aliphatic heterocycles. The number of amides is 1. The second-order valence-corrected chi connectivity index (χ2v) is 6.15. The molecule has 0 saturated carbocycles. The fourth-order valence-electron chi connectivity index (χ4n) is 2.39. The first kappa shape index (κ1) is 17.4. The number of carbonyl (C=O) groups is 1. The average molecular weight is 332 g/mol. The van der Waals surface area contributed by atoms with Crippen molar-refractivity contribution in [1.29, 1.82) is 0 Å². The topological polar surface area (TPSA) is 38.3 Å². The highest BCUT2D eigenvalue weighted by Gasteiger charge is 2.18. The van der Waals surface area contributed by atoms with Crippen LogP contribution in [0.15, 0.2) is 42.5 Å². The Kier molecular flexibility index (Phi) is 5.67. The minimum atomic E-state index is -0.582. The SMILES string of the molecule is Cc1cc(OC(C)C(=O)NC(C)c2ccccc2)cc(C)c1Cl. The van der Waals surface area contributed by atoms with Crippen LogP contribution >= 0.6 is 11.6 Å². The van der Waals surface area contributed by atoms with Crippen molar-refractivity contribution in [3.8, 4) is 5.75 Å². The monoisotopic (exact) mass is 331 g/mol. The predicted octanol–water partition coefficient (Wildman–Crippen LogP) is 4.60. The fraction of sp³-hybridized carbons (Fsp3) is 0.316. The molecule has 122 valence electrons. The van der Waals surface area contributed by atoms with Crippen molar-refractivity contribution in [1.82, 2.24) is 5.32 Å². The zero-order chi connectivity index (χ0) is 17.0. The molecule has 0 bridgehead atoms. The summed E-state index contributed by atoms with van der Waals surface area (Å²) in [6.45, 7) is 7.54. The number of aryl methyl sites for hydroxylation is 2. The normalized spacial score (nSPS) is 13.3. The van der Waals surface area contributed by atoms with Crippen LogP contribution in [0.2, 0.25) is 5.02 Å². The van der Waals surface area contributed by atoms with E-state index in [2.05, 4.69) is 5.32 Å². The van der Waals surface area contributed by atoms with Crippen molar-refractivity contribution in [3.05, 3.63) is 64.2 Å². The second-order valence-electron chi connectivity index (χ2n) is 5.77. The lowest BCUT2D eigenvalue weighted by atomic mass is 10.1. The third-order valence-electron chi connectivity index (χ3n) is 3.75. The van der Waals surface area contributed by atoms with E-state index in [1.165, 1.54) is 0 Å². The lowest BCUT2D eigenvalue weighted by Gasteiger charge is -2.19. The lowest BCUT2D eigenvalue weighted by Crippen LogP contribution is -2.37. The van der Waals surface area contributed by atoms with Crippen LogP contribution in [-0.2, 0) is 4.79 Å². The molecule has 0 fully saturated rings. The Morgan fingerprint density at radius 2 is 1.65 bits per heavy atom. The first-order valence-corrected chi connectivity index (χ1v) is 8.05. The van der Waals surface area contributed by atoms with Crippen LogP contribution < -0.4 is 10.1 Å². The Morgan fingerprint density at radius 3 is 2.22 bits per heavy atom. The van der Waals surface area contributed by atoms with E-state index >= 15 is 0 Å². The number of ether oxygens (including phenoxy) is 1. The van der Waals surface area contributed by atoms with Crippen LogP contribution in [0.3, 0.4) is 0 Å². The smallest absolute Gasteiger partial charge is 0.261 e. The minimum Gasteiger partial charge on any atom is -0.481 e. The number of halogens is 1. The van der Waals surface area contributed by atoms with Gasteiger partial charge in [-0.2, -0.15) is 0 Å². The second kappa shape index (κ2) is 7.51. The summed E-state index contributed by atoms with van der Waals surface area (Å²) in [4.78, 5) is 12.3. The van der Waals surface area contributed by atoms with Gasteiger partial charge in [0, 0.05) is 5.02 Å². The molecule has 0 heterocycles. The fourth-order valence-corrected chi connectivity index (χ4v) is 2.50. The van der Waals surface area contributed by atoms with Gasteiger partial charge in [0.2, 0.25) is 0 Å². The van der Waals surface area contributed by atoms with Crippen molar-refractivity contribution in [2.45, 2.75) is 39.8 Å². The quantitative estimate of drug-likeness (QED) is 0.869. The number of nitrogens with one attached hydrogen (secondary N) is 1. The zero-order valence-electron chi connectivity index (χ0n) is 13.9. The largest absolute Gasteiger partial charge is 0.481 e. The van der Waals surface area contributed by atoms with E-state index in [4.69, 9.17) is 16.3 Å². The summed E-state index contributed by atoms with van der Waals surface area (Å²) >= 11 is 6.15. The summed E-state index contributed by atoms with van der Waals surface area (Å²) in [7, 11) is 0. The Bertz CT molecular complexity index is 662. The van der Waals surface area contributed by atoms with Gasteiger partial charge in [0.05, 0.1) is 6.04 Å². The molecule has 3 nitrogen and oxygen atoms in total. The number of hydrogen-bond acceptors (Lipinski definition) is 2. The predicted molar refractivity (Wildman–Crippen MR) is 94.0 cm³/mol. The minimum absolute atomic E-state index is 0.0663. The van der Waals surface area contributed by atoms with E-state index in [1.54, 1.807) is 6.92 Å². The van der Waals surface area contributed by atoms with E-state index in [1.807, 2.05) is 63.2 Å². The Morgan fingerprint density at radius 1 is 1.09 bits per heavy atom. The van der Waals surface area contributed by atoms with E-state index in [9.17, 15) is 4.79 Å². The maximum absolute atomic E-state index is 12.3. The van der Waals surface area contributed by atoms with Crippen molar-refractivity contribution in [3.63, 3.8) is 0 Å². The van der Waals surface area contributed by atoms with Gasteiger partial charge in [0.15, 0.2) is 6.10 Å². The maximum atomic E-state index is 12.3. The van der Waals surface area contributed by atoms with E-state index in [0.717, 1.165) is 21.7 Å². The van der Waals surface area contributed by atoms with Crippen LogP contribution in [0.25, 0.3) is 0 Å². The van der Waals surface area contributed by atoms with E-state index in [-0.39, 0.29) is 11.9 Å². The lowest BCUT2D eigenvalue weighted by molar-refractivity contribution is -0.127. The van der Waals surface area contributed by atoms with Crippen LogP contribution in [0.1, 0.15) is 36.6 Å². The number of carbonyl (C=O) groups excluding carboxylic acids is 1. The molecule has 4 heteroatoms. The molecule has 0 spiro atoms. The molecule has 0 aromatic heterocycles. The molecule has 0 aliphatic carbocycles. The molecule has 2 rings (SSSR count). The van der Waals surface area contributed by atoms with Crippen LogP contribution in [0.4, 0.5) is 0 Å². The summed E-state index contributed by atoms with van der Waals surface area (Å²) in [5.74, 6) is 0.506. The van der Waals surface area contributed by atoms with Gasteiger partial charge >= 0.3 is 0 Å². The molecule has 1 N–H and O–H groups in total. The van der Waals surface area contributed by atoms with Crippen LogP contribution in [0, 0.1) is 13.8 Å². The molecule has 23 heavy (non-hydrogen) atoms. The van der Waals surface area contributed by atoms with Gasteiger partial charge in [0.25, 0.3) is 5.91 Å². The van der Waals surface area contributed by atoms with Crippen molar-refractivity contribution >= 4 is 17.5 Å². The number of hydrogen-bond donors (Lipinski definition) is 1. The van der Waals surface area contributed by atoms with Gasteiger partial charge in [-0.05, 0) is 56.5 Å². The van der Waals surface area contributed by atoms with Gasteiger partial charge in [0.1, 0.15) is 5.75 Å². The highest BCUT2D eigenvalue weighted by Crippen LogP contribution is 2.26. The van der Waals surface area contributed by atoms with Crippen molar-refractivity contribution in [2.24, 2.45) is 0 Å². The Balaban J connectivity index is 2.00. The maximum Gasteiger partial charge on any atom is 0.261 e. The number of rotatable bonds is 5. The highest BCUT2D eigenvalue weighted by molar-refractivity contribution is 6.32. The molecule has 2 atom stereocenters. The third-order valence-corrected chi connectivity index (χ3v) is 4.35. The Hall–Kier alpha value is -2.00. The molecule has 2 aromatic rings. The van der Waals surface area contributed by atoms with Crippen LogP contribution in [0.5, 0.6) is 5.75 Å². The van der Waals surface area contributed by atoms with Gasteiger partial charge in [-0.15, -0.1) is 0 Å². The molecule has 0 aliphatic rings. The summed E-state index contributed by atoms with van der Waals surface area (Å²) < 4.78 is 5.76. The molecule has 2 unspecified atom stereocenters. The first-order valence-electron chi connectivity index (χ1n) is 7.67. The summed E-state index contributed by atoms with van der Waals surface area (Å²) in [6.07, 6.45) is -0.582. The highest BCUT2D eigenvalue weighted by atomic mass is 35.5. The molecule has 2 aromatic carbocycles. The molecular formula is C19H22ClNO2. The Labute approximate surface area is 142 Å². The van der Waals surface area contributed by atoms with E-state index in [0.29, 0.717) is 5.75 Å². The standard InChI is InChI=1S/C19H22ClNO2/c1-12-10-17(11-13(2)18(12)20)23-15(4)19(22)21-14(3)16-8-6-5-7-9-16/h5-11,14-15H,1-4H3,(H,21,22). The zero-order valence-corrected chi connectivity index (χ0v) is 14.6. The van der Waals surface area contributed by atoms with Gasteiger partial charge in [-0.25, -0.2) is 0 Å². The van der Waals surface area contributed by atoms with E-state index < -0.39 is 6.10 Å². The molecule has 0 radical (unpaired) electrons. The molecule has 0 saturated heterocycles. The van der Waals surface area contributed by atoms with Gasteiger partial charge in [-0.3, -0.25) is 4.79 Å². The van der Waals surface area contributed by atoms with Crippen molar-refractivity contribution < 1.29 is 9.53 Å². The molecular weight excluding hydrogens is 310 g/mol. The molecule has 1 amide bonds. The summed E-state index contributed by atoms with van der Waals surface area (Å²) in [5, 5.41) is 3.70. The summed E-state index contributed by atoms with van der Waals surface area (Å²) in [6, 6.07) is 13.5. The van der Waals surface area contributed by atoms with Gasteiger partial charge < -0.3 is 10.1 Å². The van der Waals surface area contributed by atoms with Crippen LogP contribution in [-0.4, -0.2) is 12.0 Å². The first-order chi connectivity index (χ1) is 10.9. The van der Waals surface area contributed by atoms with Crippen molar-refractivity contribution in [2.75, 3.05) is 0 Å².